The van der Waals surface area contributed by atoms with E-state index in [2.05, 4.69) is 24.4 Å². The summed E-state index contributed by atoms with van der Waals surface area (Å²) in [4.78, 5) is 12.8. The minimum Gasteiger partial charge on any atom is -0.394 e. The van der Waals surface area contributed by atoms with Crippen LogP contribution in [-0.2, 0) is 23.7 Å². The molecule has 2 saturated heterocycles. The first-order valence-corrected chi connectivity index (χ1v) is 25.1. The summed E-state index contributed by atoms with van der Waals surface area (Å²) in [5, 5.41) is 86.0. The van der Waals surface area contributed by atoms with Gasteiger partial charge in [-0.2, -0.15) is 0 Å². The maximum atomic E-state index is 12.8. The van der Waals surface area contributed by atoms with Crippen molar-refractivity contribution in [2.45, 2.75) is 261 Å². The standard InChI is InChI=1S/C49H91NO13/c1-3-5-7-8-9-10-11-12-13-14-15-16-17-18-19-20-21-22-23-24-25-26-27-28-29-31-32-38(53)37(50-41(54)33-30-6-4-2)36-60-48-46(59)44(57)47(40(35-52)62-48)63-49-45(58)43(56)42(55)39(34-51)61-49/h26-27,31-32,37-40,42-49,51-53,55-59H,3-25,28-30,33-36H2,1-2H3,(H,50,54)/b27-26+,32-31+. The van der Waals surface area contributed by atoms with Gasteiger partial charge in [-0.1, -0.05) is 173 Å². The van der Waals surface area contributed by atoms with Crippen molar-refractivity contribution in [3.05, 3.63) is 24.3 Å². The van der Waals surface area contributed by atoms with Gasteiger partial charge in [0.2, 0.25) is 5.91 Å². The van der Waals surface area contributed by atoms with Gasteiger partial charge in [0.1, 0.15) is 48.8 Å². The van der Waals surface area contributed by atoms with Gasteiger partial charge >= 0.3 is 0 Å². The third-order valence-corrected chi connectivity index (χ3v) is 12.4. The molecule has 14 nitrogen and oxygen atoms in total. The van der Waals surface area contributed by atoms with E-state index in [1.54, 1.807) is 6.08 Å². The molecular formula is C49H91NO13. The zero-order valence-electron chi connectivity index (χ0n) is 39.1. The molecule has 9 N–H and O–H groups in total. The maximum Gasteiger partial charge on any atom is 0.220 e. The number of nitrogens with one attached hydrogen (secondary N) is 1. The number of rotatable bonds is 38. The Labute approximate surface area is 379 Å². The first-order chi connectivity index (χ1) is 30.6. The van der Waals surface area contributed by atoms with Crippen LogP contribution in [-0.4, -0.2) is 140 Å². The lowest BCUT2D eigenvalue weighted by Gasteiger charge is -2.46. The first-order valence-electron chi connectivity index (χ1n) is 25.1. The van der Waals surface area contributed by atoms with Crippen LogP contribution < -0.4 is 5.32 Å². The Hall–Kier alpha value is -1.53. The van der Waals surface area contributed by atoms with Crippen LogP contribution in [0.4, 0.5) is 0 Å². The lowest BCUT2D eigenvalue weighted by Crippen LogP contribution is -2.65. The van der Waals surface area contributed by atoms with Gasteiger partial charge in [0, 0.05) is 6.42 Å². The predicted octanol–water partition coefficient (Wildman–Crippen LogP) is 6.16. The molecule has 2 aliphatic rings. The smallest absolute Gasteiger partial charge is 0.220 e. The number of aliphatic hydroxyl groups excluding tert-OH is 8. The Morgan fingerprint density at radius 3 is 1.56 bits per heavy atom. The van der Waals surface area contributed by atoms with Gasteiger partial charge in [-0.3, -0.25) is 4.79 Å². The molecule has 0 radical (unpaired) electrons. The molecule has 0 aromatic heterocycles. The summed E-state index contributed by atoms with van der Waals surface area (Å²) >= 11 is 0. The molecule has 0 aromatic carbocycles. The Morgan fingerprint density at radius 2 is 1.02 bits per heavy atom. The number of amides is 1. The normalized spacial score (nSPS) is 27.7. The molecule has 2 aliphatic heterocycles. The van der Waals surface area contributed by atoms with E-state index in [-0.39, 0.29) is 18.9 Å². The number of hydrogen-bond acceptors (Lipinski definition) is 13. The first kappa shape index (κ1) is 57.6. The predicted molar refractivity (Wildman–Crippen MR) is 245 cm³/mol. The quantitative estimate of drug-likeness (QED) is 0.0250. The molecule has 2 fully saturated rings. The summed E-state index contributed by atoms with van der Waals surface area (Å²) in [7, 11) is 0. The Bertz CT molecular complexity index is 1160. The fourth-order valence-electron chi connectivity index (χ4n) is 8.25. The van der Waals surface area contributed by atoms with E-state index in [9.17, 15) is 45.6 Å². The summed E-state index contributed by atoms with van der Waals surface area (Å²) in [6, 6.07) is -0.922. The lowest BCUT2D eigenvalue weighted by atomic mass is 9.97. The molecule has 0 spiro atoms. The van der Waals surface area contributed by atoms with Crippen LogP contribution in [0.25, 0.3) is 0 Å². The van der Waals surface area contributed by atoms with Crippen molar-refractivity contribution < 1.29 is 64.6 Å². The molecule has 12 atom stereocenters. The highest BCUT2D eigenvalue weighted by Gasteiger charge is 2.51. The lowest BCUT2D eigenvalue weighted by molar-refractivity contribution is -0.359. The Morgan fingerprint density at radius 1 is 0.556 bits per heavy atom. The van der Waals surface area contributed by atoms with Crippen LogP contribution in [0.5, 0.6) is 0 Å². The fraction of sp³-hybridized carbons (Fsp3) is 0.898. The van der Waals surface area contributed by atoms with Gasteiger partial charge < -0.3 is 65.1 Å². The van der Waals surface area contributed by atoms with Crippen molar-refractivity contribution >= 4 is 5.91 Å². The van der Waals surface area contributed by atoms with Crippen molar-refractivity contribution in [2.24, 2.45) is 0 Å². The van der Waals surface area contributed by atoms with E-state index in [0.717, 1.165) is 25.7 Å². The highest BCUT2D eigenvalue weighted by Crippen LogP contribution is 2.30. The molecule has 14 heteroatoms. The zero-order valence-corrected chi connectivity index (χ0v) is 39.1. The third-order valence-electron chi connectivity index (χ3n) is 12.4. The fourth-order valence-corrected chi connectivity index (χ4v) is 8.25. The van der Waals surface area contributed by atoms with Crippen LogP contribution in [0.3, 0.4) is 0 Å². The monoisotopic (exact) mass is 902 g/mol. The molecule has 0 saturated carbocycles. The highest BCUT2D eigenvalue weighted by molar-refractivity contribution is 5.76. The summed E-state index contributed by atoms with van der Waals surface area (Å²) < 4.78 is 22.5. The number of ether oxygens (including phenoxy) is 4. The van der Waals surface area contributed by atoms with Gasteiger partial charge in [0.15, 0.2) is 12.6 Å². The molecular weight excluding hydrogens is 811 g/mol. The second kappa shape index (κ2) is 36.6. The van der Waals surface area contributed by atoms with E-state index in [1.807, 2.05) is 13.0 Å². The molecule has 63 heavy (non-hydrogen) atoms. The van der Waals surface area contributed by atoms with E-state index in [0.29, 0.717) is 12.8 Å². The third kappa shape index (κ3) is 24.2. The van der Waals surface area contributed by atoms with Gasteiger partial charge in [0.05, 0.1) is 32.0 Å². The van der Waals surface area contributed by atoms with E-state index in [1.165, 1.54) is 128 Å². The van der Waals surface area contributed by atoms with Gasteiger partial charge in [-0.25, -0.2) is 0 Å². The van der Waals surface area contributed by atoms with Crippen LogP contribution in [0.15, 0.2) is 24.3 Å². The topological polar surface area (TPSA) is 228 Å². The van der Waals surface area contributed by atoms with Crippen LogP contribution >= 0.6 is 0 Å². The molecule has 0 bridgehead atoms. The zero-order chi connectivity index (χ0) is 46.1. The Kier molecular flexibility index (Phi) is 33.4. The molecule has 1 amide bonds. The van der Waals surface area contributed by atoms with Gasteiger partial charge in [-0.05, 0) is 32.1 Å². The van der Waals surface area contributed by atoms with Crippen LogP contribution in [0.2, 0.25) is 0 Å². The van der Waals surface area contributed by atoms with Gasteiger partial charge in [-0.15, -0.1) is 0 Å². The average molecular weight is 902 g/mol. The summed E-state index contributed by atoms with van der Waals surface area (Å²) in [6.07, 6.45) is 23.5. The second-order valence-electron chi connectivity index (χ2n) is 17.9. The Balaban J connectivity index is 1.66. The number of aliphatic hydroxyl groups is 8. The summed E-state index contributed by atoms with van der Waals surface area (Å²) in [5.41, 5.74) is 0. The number of unbranched alkanes of at least 4 members (excludes halogenated alkanes) is 23. The summed E-state index contributed by atoms with van der Waals surface area (Å²) in [6.45, 7) is 2.58. The molecule has 12 unspecified atom stereocenters. The average Bonchev–Trinajstić information content (AvgIpc) is 3.28. The van der Waals surface area contributed by atoms with E-state index < -0.39 is 86.8 Å². The van der Waals surface area contributed by atoms with E-state index in [4.69, 9.17) is 18.9 Å². The van der Waals surface area contributed by atoms with Crippen LogP contribution in [0, 0.1) is 0 Å². The van der Waals surface area contributed by atoms with Crippen LogP contribution in [0.1, 0.15) is 187 Å². The van der Waals surface area contributed by atoms with Gasteiger partial charge in [0.25, 0.3) is 0 Å². The highest BCUT2D eigenvalue weighted by atomic mass is 16.7. The largest absolute Gasteiger partial charge is 0.394 e. The molecule has 370 valence electrons. The van der Waals surface area contributed by atoms with Crippen molar-refractivity contribution in [1.29, 1.82) is 0 Å². The molecule has 2 heterocycles. The number of allylic oxidation sites excluding steroid dienone is 3. The SMILES string of the molecule is CCCCCCCCCCCCCCCCCCCCCC/C=C/CC/C=C/C(O)C(COC1OC(CO)C(OC2OC(CO)C(O)C(O)C2O)C(O)C1O)NC(=O)CCCCC. The molecule has 2 rings (SSSR count). The number of carbonyl (C=O) groups is 1. The minimum atomic E-state index is -1.79. The van der Waals surface area contributed by atoms with E-state index >= 15 is 0 Å². The van der Waals surface area contributed by atoms with Crippen molar-refractivity contribution in [2.75, 3.05) is 19.8 Å². The maximum absolute atomic E-state index is 12.8. The van der Waals surface area contributed by atoms with Crippen molar-refractivity contribution in [1.82, 2.24) is 5.32 Å². The van der Waals surface area contributed by atoms with Crippen molar-refractivity contribution in [3.8, 4) is 0 Å². The molecule has 0 aliphatic carbocycles. The number of hydrogen-bond donors (Lipinski definition) is 9. The molecule has 0 aromatic rings. The number of carbonyl (C=O) groups excluding carboxylic acids is 1. The second-order valence-corrected chi connectivity index (χ2v) is 17.9. The summed E-state index contributed by atoms with van der Waals surface area (Å²) in [5.74, 6) is -0.274. The van der Waals surface area contributed by atoms with Crippen molar-refractivity contribution in [3.63, 3.8) is 0 Å². The minimum absolute atomic E-state index is 0.260.